The SMILES string of the molecule is Cc1cc(-c2cc(F)cc(C(C)C)c2Nc2nc(S(=O)(=O)N3CCC(N(C)C)CC3)nn2COCC[Si](C)(C)C)ccn1. The van der Waals surface area contributed by atoms with Crippen molar-refractivity contribution in [3.8, 4) is 11.1 Å². The van der Waals surface area contributed by atoms with E-state index in [9.17, 15) is 12.8 Å². The number of rotatable bonds is 12. The van der Waals surface area contributed by atoms with Crippen molar-refractivity contribution in [1.29, 1.82) is 0 Å². The van der Waals surface area contributed by atoms with Gasteiger partial charge in [-0.2, -0.15) is 9.29 Å². The molecule has 236 valence electrons. The molecule has 0 saturated carbocycles. The third kappa shape index (κ3) is 8.27. The molecule has 1 aliphatic heterocycles. The minimum Gasteiger partial charge on any atom is -0.359 e. The van der Waals surface area contributed by atoms with E-state index in [2.05, 4.69) is 44.9 Å². The summed E-state index contributed by atoms with van der Waals surface area (Å²) in [6.07, 6.45) is 3.16. The maximum Gasteiger partial charge on any atom is 0.284 e. The van der Waals surface area contributed by atoms with Crippen molar-refractivity contribution < 1.29 is 17.5 Å². The number of aromatic nitrogens is 4. The van der Waals surface area contributed by atoms with Crippen molar-refractivity contribution >= 4 is 29.7 Å². The Morgan fingerprint density at radius 3 is 2.47 bits per heavy atom. The van der Waals surface area contributed by atoms with Crippen LogP contribution in [0, 0.1) is 12.7 Å². The first-order valence-corrected chi connectivity index (χ1v) is 20.0. The molecule has 3 aromatic rings. The monoisotopic (exact) mass is 631 g/mol. The highest BCUT2D eigenvalue weighted by molar-refractivity contribution is 7.89. The Kier molecular flexibility index (Phi) is 10.4. The van der Waals surface area contributed by atoms with Crippen LogP contribution in [0.2, 0.25) is 25.7 Å². The summed E-state index contributed by atoms with van der Waals surface area (Å²) in [7, 11) is -1.26. The van der Waals surface area contributed by atoms with E-state index in [1.165, 1.54) is 21.1 Å². The number of nitrogens with zero attached hydrogens (tertiary/aromatic N) is 6. The standard InChI is InChI=1S/C30H46FN7O3SSi/c1-21(2)26-18-24(31)19-27(23-9-12-32-22(3)17-23)28(26)33-29-34-30(35-38(29)20-41-15-16-43(6,7)8)42(39,40)37-13-10-25(11-14-37)36(4)5/h9,12,17-19,21,25H,10-11,13-16,20H2,1-8H3,(H,33,34,35). The minimum atomic E-state index is -3.95. The van der Waals surface area contributed by atoms with Gasteiger partial charge in [0.2, 0.25) is 5.95 Å². The van der Waals surface area contributed by atoms with Gasteiger partial charge in [0.1, 0.15) is 12.5 Å². The van der Waals surface area contributed by atoms with Gasteiger partial charge < -0.3 is 15.0 Å². The van der Waals surface area contributed by atoms with E-state index in [1.54, 1.807) is 6.20 Å². The summed E-state index contributed by atoms with van der Waals surface area (Å²) >= 11 is 0. The molecule has 0 bridgehead atoms. The van der Waals surface area contributed by atoms with Crippen LogP contribution < -0.4 is 5.32 Å². The van der Waals surface area contributed by atoms with Crippen LogP contribution in [0.5, 0.6) is 0 Å². The van der Waals surface area contributed by atoms with Gasteiger partial charge in [0, 0.05) is 51.3 Å². The van der Waals surface area contributed by atoms with Crippen LogP contribution >= 0.6 is 0 Å². The number of hydrogen-bond donors (Lipinski definition) is 1. The molecule has 1 N–H and O–H groups in total. The van der Waals surface area contributed by atoms with Crippen LogP contribution in [0.3, 0.4) is 0 Å². The predicted molar refractivity (Wildman–Crippen MR) is 171 cm³/mol. The van der Waals surface area contributed by atoms with Crippen LogP contribution in [0.1, 0.15) is 43.9 Å². The Hall–Kier alpha value is -2.71. The van der Waals surface area contributed by atoms with Gasteiger partial charge >= 0.3 is 0 Å². The average molecular weight is 632 g/mol. The molecule has 1 aromatic carbocycles. The molecular weight excluding hydrogens is 586 g/mol. The molecule has 0 atom stereocenters. The highest BCUT2D eigenvalue weighted by atomic mass is 32.2. The topological polar surface area (TPSA) is 105 Å². The number of pyridine rings is 1. The van der Waals surface area contributed by atoms with Gasteiger partial charge in [-0.15, -0.1) is 5.10 Å². The number of halogens is 1. The number of ether oxygens (including phenoxy) is 1. The Morgan fingerprint density at radius 2 is 1.86 bits per heavy atom. The fourth-order valence-corrected chi connectivity index (χ4v) is 7.21. The molecule has 2 aromatic heterocycles. The number of piperidine rings is 1. The molecule has 0 unspecified atom stereocenters. The lowest BCUT2D eigenvalue weighted by Crippen LogP contribution is -2.44. The zero-order chi connectivity index (χ0) is 31.5. The number of anilines is 2. The van der Waals surface area contributed by atoms with E-state index in [0.29, 0.717) is 37.0 Å². The van der Waals surface area contributed by atoms with Gasteiger partial charge in [0.05, 0.1) is 5.69 Å². The molecule has 0 amide bonds. The fraction of sp³-hybridized carbons (Fsp3) is 0.567. The summed E-state index contributed by atoms with van der Waals surface area (Å²) in [5.74, 6) is -0.181. The molecule has 43 heavy (non-hydrogen) atoms. The zero-order valence-electron chi connectivity index (χ0n) is 26.7. The lowest BCUT2D eigenvalue weighted by molar-refractivity contribution is 0.0791. The number of benzene rings is 1. The number of sulfonamides is 1. The zero-order valence-corrected chi connectivity index (χ0v) is 28.5. The van der Waals surface area contributed by atoms with Crippen molar-refractivity contribution in [3.63, 3.8) is 0 Å². The van der Waals surface area contributed by atoms with Crippen LogP contribution in [-0.4, -0.2) is 85.3 Å². The third-order valence-corrected chi connectivity index (χ3v) is 11.2. The predicted octanol–water partition coefficient (Wildman–Crippen LogP) is 5.68. The van der Waals surface area contributed by atoms with Gasteiger partial charge in [0.25, 0.3) is 15.2 Å². The van der Waals surface area contributed by atoms with E-state index in [0.717, 1.165) is 35.7 Å². The second-order valence-electron chi connectivity index (χ2n) is 13.0. The third-order valence-electron chi connectivity index (χ3n) is 7.79. The van der Waals surface area contributed by atoms with Crippen molar-refractivity contribution in [2.75, 3.05) is 39.1 Å². The Balaban J connectivity index is 1.74. The first-order chi connectivity index (χ1) is 20.2. The Morgan fingerprint density at radius 1 is 1.16 bits per heavy atom. The van der Waals surface area contributed by atoms with Gasteiger partial charge in [-0.3, -0.25) is 4.98 Å². The van der Waals surface area contributed by atoms with Crippen LogP contribution in [-0.2, 0) is 21.5 Å². The number of hydrogen-bond acceptors (Lipinski definition) is 8. The van der Waals surface area contributed by atoms with E-state index >= 15 is 0 Å². The van der Waals surface area contributed by atoms with Crippen LogP contribution in [0.25, 0.3) is 11.1 Å². The Labute approximate surface area is 256 Å². The van der Waals surface area contributed by atoms with Crippen LogP contribution in [0.15, 0.2) is 35.6 Å². The molecule has 3 heterocycles. The summed E-state index contributed by atoms with van der Waals surface area (Å²) in [5, 5.41) is 7.53. The highest BCUT2D eigenvalue weighted by Gasteiger charge is 2.34. The van der Waals surface area contributed by atoms with Gasteiger partial charge in [-0.05, 0) is 81.2 Å². The van der Waals surface area contributed by atoms with E-state index in [1.807, 2.05) is 47.0 Å². The fourth-order valence-electron chi connectivity index (χ4n) is 5.13. The molecule has 1 fully saturated rings. The molecule has 0 spiro atoms. The second-order valence-corrected chi connectivity index (χ2v) is 20.5. The lowest BCUT2D eigenvalue weighted by atomic mass is 9.94. The van der Waals surface area contributed by atoms with Crippen molar-refractivity contribution in [2.45, 2.75) is 83.1 Å². The van der Waals surface area contributed by atoms with E-state index < -0.39 is 18.1 Å². The molecule has 13 heteroatoms. The minimum absolute atomic E-state index is 0.0277. The summed E-state index contributed by atoms with van der Waals surface area (Å²) in [5.41, 5.74) is 3.57. The Bertz CT molecular complexity index is 1510. The van der Waals surface area contributed by atoms with Crippen molar-refractivity contribution in [2.24, 2.45) is 0 Å². The summed E-state index contributed by atoms with van der Waals surface area (Å²) < 4.78 is 51.3. The number of nitrogens with one attached hydrogen (secondary N) is 1. The highest BCUT2D eigenvalue weighted by Crippen LogP contribution is 2.38. The number of aryl methyl sites for hydroxylation is 1. The van der Waals surface area contributed by atoms with Gasteiger partial charge in [-0.25, -0.2) is 17.5 Å². The summed E-state index contributed by atoms with van der Waals surface area (Å²) in [6.45, 7) is 14.0. The van der Waals surface area contributed by atoms with E-state index in [-0.39, 0.29) is 29.6 Å². The van der Waals surface area contributed by atoms with Gasteiger partial charge in [-0.1, -0.05) is 33.5 Å². The summed E-state index contributed by atoms with van der Waals surface area (Å²) in [4.78, 5) is 11.0. The lowest BCUT2D eigenvalue weighted by Gasteiger charge is -2.33. The molecule has 0 radical (unpaired) electrons. The molecule has 4 rings (SSSR count). The second kappa shape index (κ2) is 13.5. The maximum absolute atomic E-state index is 14.9. The molecule has 1 aliphatic rings. The van der Waals surface area contributed by atoms with E-state index in [4.69, 9.17) is 4.74 Å². The molecule has 1 saturated heterocycles. The maximum atomic E-state index is 14.9. The molecular formula is C30H46FN7O3SSi. The smallest absolute Gasteiger partial charge is 0.284 e. The largest absolute Gasteiger partial charge is 0.359 e. The van der Waals surface area contributed by atoms with Crippen molar-refractivity contribution in [3.05, 3.63) is 47.5 Å². The van der Waals surface area contributed by atoms with Crippen molar-refractivity contribution in [1.82, 2.24) is 29.0 Å². The first-order valence-electron chi connectivity index (χ1n) is 14.9. The summed E-state index contributed by atoms with van der Waals surface area (Å²) in [6, 6.07) is 7.98. The normalized spacial score (nSPS) is 15.5. The van der Waals surface area contributed by atoms with Crippen LogP contribution in [0.4, 0.5) is 16.0 Å². The quantitative estimate of drug-likeness (QED) is 0.201. The average Bonchev–Trinajstić information content (AvgIpc) is 3.34. The molecule has 10 nitrogen and oxygen atoms in total. The van der Waals surface area contributed by atoms with Gasteiger partial charge in [0.15, 0.2) is 0 Å². The first kappa shape index (κ1) is 33.2. The molecule has 0 aliphatic carbocycles.